The molecular weight excluding hydrogens is 246 g/mol. The Hall–Kier alpha value is -1.85. The Morgan fingerprint density at radius 1 is 1.42 bits per heavy atom. The lowest BCUT2D eigenvalue weighted by Crippen LogP contribution is -2.28. The van der Waals surface area contributed by atoms with Crippen LogP contribution in [0, 0.1) is 17.3 Å². The van der Waals surface area contributed by atoms with E-state index in [2.05, 4.69) is 10.4 Å². The molecule has 1 amide bonds. The fourth-order valence-corrected chi connectivity index (χ4v) is 2.58. The fourth-order valence-electron chi connectivity index (χ4n) is 2.58. The Morgan fingerprint density at radius 3 is 2.68 bits per heavy atom. The zero-order chi connectivity index (χ0) is 14.0. The zero-order valence-electron chi connectivity index (χ0n) is 11.2. The van der Waals surface area contributed by atoms with E-state index in [1.54, 1.807) is 10.9 Å². The molecule has 0 spiro atoms. The summed E-state index contributed by atoms with van der Waals surface area (Å²) in [5, 5.41) is 15.9. The first-order chi connectivity index (χ1) is 8.94. The third-order valence-electron chi connectivity index (χ3n) is 3.80. The summed E-state index contributed by atoms with van der Waals surface area (Å²) in [5.74, 6) is -2.01. The number of rotatable bonds is 6. The average molecular weight is 265 g/mol. The Morgan fingerprint density at radius 2 is 2.16 bits per heavy atom. The van der Waals surface area contributed by atoms with Gasteiger partial charge < -0.3 is 10.4 Å². The van der Waals surface area contributed by atoms with Crippen LogP contribution in [0.1, 0.15) is 20.3 Å². The molecule has 2 atom stereocenters. The summed E-state index contributed by atoms with van der Waals surface area (Å²) < 4.78 is 1.80. The minimum absolute atomic E-state index is 0.155. The van der Waals surface area contributed by atoms with Crippen LogP contribution in [-0.2, 0) is 16.1 Å². The van der Waals surface area contributed by atoms with Crippen LogP contribution in [0.15, 0.2) is 18.5 Å². The first-order valence-corrected chi connectivity index (χ1v) is 6.42. The monoisotopic (exact) mass is 265 g/mol. The normalized spacial score (nSPS) is 23.9. The largest absolute Gasteiger partial charge is 0.481 e. The van der Waals surface area contributed by atoms with Crippen LogP contribution < -0.4 is 5.32 Å². The van der Waals surface area contributed by atoms with Crippen LogP contribution in [0.4, 0.5) is 0 Å². The predicted molar refractivity (Wildman–Crippen MR) is 68.3 cm³/mol. The van der Waals surface area contributed by atoms with Crippen molar-refractivity contribution in [3.05, 3.63) is 18.5 Å². The van der Waals surface area contributed by atoms with Gasteiger partial charge >= 0.3 is 5.97 Å². The van der Waals surface area contributed by atoms with Crippen molar-refractivity contribution < 1.29 is 14.7 Å². The number of aryl methyl sites for hydroxylation is 1. The molecule has 19 heavy (non-hydrogen) atoms. The molecular formula is C13H19N3O3. The third-order valence-corrected chi connectivity index (χ3v) is 3.80. The minimum atomic E-state index is -0.887. The van der Waals surface area contributed by atoms with Gasteiger partial charge in [0, 0.05) is 25.5 Å². The molecule has 0 radical (unpaired) electrons. The van der Waals surface area contributed by atoms with Gasteiger partial charge in [0.05, 0.1) is 11.8 Å². The average Bonchev–Trinajstić information content (AvgIpc) is 2.73. The first-order valence-electron chi connectivity index (χ1n) is 6.42. The van der Waals surface area contributed by atoms with Gasteiger partial charge in [-0.15, -0.1) is 0 Å². The number of carboxylic acids is 1. The quantitative estimate of drug-likeness (QED) is 0.743. The molecule has 0 aromatic carbocycles. The summed E-state index contributed by atoms with van der Waals surface area (Å²) in [6, 6.07) is 1.85. The first kappa shape index (κ1) is 13.6. The standard InChI is InChI=1S/C13H19N3O3/c1-13(2)9(10(13)12(18)19)11(17)14-5-3-7-16-8-4-6-15-16/h4,6,8-10H,3,5,7H2,1-2H3,(H,14,17)(H,18,19)/t9-,10+/m1/s1. The molecule has 1 heterocycles. The van der Waals surface area contributed by atoms with Crippen molar-refractivity contribution in [2.75, 3.05) is 6.54 Å². The number of nitrogens with one attached hydrogen (secondary N) is 1. The van der Waals surface area contributed by atoms with Crippen molar-refractivity contribution in [3.8, 4) is 0 Å². The lowest BCUT2D eigenvalue weighted by Gasteiger charge is -2.06. The molecule has 1 fully saturated rings. The lowest BCUT2D eigenvalue weighted by molar-refractivity contribution is -0.140. The Labute approximate surface area is 111 Å². The number of aliphatic carboxylic acids is 1. The van der Waals surface area contributed by atoms with Crippen molar-refractivity contribution in [2.45, 2.75) is 26.8 Å². The van der Waals surface area contributed by atoms with Gasteiger partial charge in [-0.2, -0.15) is 5.10 Å². The van der Waals surface area contributed by atoms with Crippen molar-refractivity contribution in [1.82, 2.24) is 15.1 Å². The van der Waals surface area contributed by atoms with Crippen LogP contribution in [0.2, 0.25) is 0 Å². The number of amides is 1. The highest BCUT2D eigenvalue weighted by atomic mass is 16.4. The van der Waals surface area contributed by atoms with Crippen LogP contribution >= 0.6 is 0 Å². The molecule has 1 aliphatic carbocycles. The van der Waals surface area contributed by atoms with Gasteiger partial charge in [-0.1, -0.05) is 13.8 Å². The number of nitrogens with zero attached hydrogens (tertiary/aromatic N) is 2. The fraction of sp³-hybridized carbons (Fsp3) is 0.615. The third kappa shape index (κ3) is 2.77. The van der Waals surface area contributed by atoms with Gasteiger partial charge in [0.25, 0.3) is 0 Å². The number of aromatic nitrogens is 2. The van der Waals surface area contributed by atoms with Crippen molar-refractivity contribution in [1.29, 1.82) is 0 Å². The van der Waals surface area contributed by atoms with Crippen LogP contribution in [0.5, 0.6) is 0 Å². The molecule has 1 aromatic heterocycles. The molecule has 1 aromatic rings. The summed E-state index contributed by atoms with van der Waals surface area (Å²) >= 11 is 0. The van der Waals surface area contributed by atoms with Gasteiger partial charge in [-0.25, -0.2) is 0 Å². The van der Waals surface area contributed by atoms with Crippen LogP contribution in [0.25, 0.3) is 0 Å². The topological polar surface area (TPSA) is 84.2 Å². The van der Waals surface area contributed by atoms with Gasteiger partial charge in [-0.05, 0) is 17.9 Å². The second-order valence-electron chi connectivity index (χ2n) is 5.53. The molecule has 1 aliphatic rings. The molecule has 0 saturated heterocycles. The maximum atomic E-state index is 11.9. The van der Waals surface area contributed by atoms with Gasteiger partial charge in [0.2, 0.25) is 5.91 Å². The van der Waals surface area contributed by atoms with Crippen molar-refractivity contribution >= 4 is 11.9 Å². The van der Waals surface area contributed by atoms with E-state index < -0.39 is 23.2 Å². The van der Waals surface area contributed by atoms with E-state index in [0.29, 0.717) is 6.54 Å². The predicted octanol–water partition coefficient (Wildman–Crippen LogP) is 0.746. The summed E-state index contributed by atoms with van der Waals surface area (Å²) in [6.45, 7) is 4.92. The molecule has 6 nitrogen and oxygen atoms in total. The zero-order valence-corrected chi connectivity index (χ0v) is 11.2. The van der Waals surface area contributed by atoms with Gasteiger partial charge in [0.1, 0.15) is 0 Å². The lowest BCUT2D eigenvalue weighted by atomic mass is 10.1. The molecule has 0 unspecified atom stereocenters. The smallest absolute Gasteiger partial charge is 0.307 e. The number of carbonyl (C=O) groups excluding carboxylic acids is 1. The highest BCUT2D eigenvalue weighted by molar-refractivity contribution is 5.91. The second-order valence-corrected chi connectivity index (χ2v) is 5.53. The van der Waals surface area contributed by atoms with Crippen LogP contribution in [-0.4, -0.2) is 33.3 Å². The molecule has 2 N–H and O–H groups in total. The van der Waals surface area contributed by atoms with E-state index in [1.165, 1.54) is 0 Å². The molecule has 6 heteroatoms. The summed E-state index contributed by atoms with van der Waals surface area (Å²) in [4.78, 5) is 22.9. The van der Waals surface area contributed by atoms with E-state index in [4.69, 9.17) is 5.11 Å². The number of carboxylic acid groups (broad SMARTS) is 1. The molecule has 1 saturated carbocycles. The molecule has 104 valence electrons. The SMILES string of the molecule is CC1(C)[C@H](C(=O)O)[C@@H]1C(=O)NCCCn1cccn1. The highest BCUT2D eigenvalue weighted by Crippen LogP contribution is 2.58. The summed E-state index contributed by atoms with van der Waals surface area (Å²) in [5.41, 5.74) is -0.433. The summed E-state index contributed by atoms with van der Waals surface area (Å²) in [7, 11) is 0. The van der Waals surface area contributed by atoms with E-state index in [1.807, 2.05) is 26.1 Å². The Bertz CT molecular complexity index is 467. The minimum Gasteiger partial charge on any atom is -0.481 e. The van der Waals surface area contributed by atoms with Gasteiger partial charge in [-0.3, -0.25) is 14.3 Å². The number of carbonyl (C=O) groups is 2. The van der Waals surface area contributed by atoms with E-state index >= 15 is 0 Å². The van der Waals surface area contributed by atoms with Crippen molar-refractivity contribution in [3.63, 3.8) is 0 Å². The molecule has 0 bridgehead atoms. The maximum Gasteiger partial charge on any atom is 0.307 e. The second kappa shape index (κ2) is 5.03. The number of hydrogen-bond acceptors (Lipinski definition) is 3. The highest BCUT2D eigenvalue weighted by Gasteiger charge is 2.65. The van der Waals surface area contributed by atoms with E-state index in [-0.39, 0.29) is 5.91 Å². The Balaban J connectivity index is 1.72. The van der Waals surface area contributed by atoms with Crippen LogP contribution in [0.3, 0.4) is 0 Å². The van der Waals surface area contributed by atoms with Gasteiger partial charge in [0.15, 0.2) is 0 Å². The van der Waals surface area contributed by atoms with Crippen molar-refractivity contribution in [2.24, 2.45) is 17.3 Å². The molecule has 2 rings (SSSR count). The Kier molecular flexibility index (Phi) is 3.59. The van der Waals surface area contributed by atoms with E-state index in [0.717, 1.165) is 13.0 Å². The maximum absolute atomic E-state index is 11.9. The molecule has 0 aliphatic heterocycles. The summed E-state index contributed by atoms with van der Waals surface area (Å²) in [6.07, 6.45) is 4.35. The number of hydrogen-bond donors (Lipinski definition) is 2. The van der Waals surface area contributed by atoms with E-state index in [9.17, 15) is 9.59 Å².